The van der Waals surface area contributed by atoms with Crippen LogP contribution in [0.3, 0.4) is 0 Å². The van der Waals surface area contributed by atoms with Crippen molar-refractivity contribution in [3.63, 3.8) is 0 Å². The monoisotopic (exact) mass is 307 g/mol. The van der Waals surface area contributed by atoms with E-state index >= 15 is 0 Å². The SMILES string of the molecule is O=[N+]([O-])c1cc([N+](=O)[O-])c(NCc2ccccc2)cc1Cl. The van der Waals surface area contributed by atoms with Crippen molar-refractivity contribution in [3.8, 4) is 0 Å². The predicted octanol–water partition coefficient (Wildman–Crippen LogP) is 3.77. The van der Waals surface area contributed by atoms with Gasteiger partial charge in [-0.15, -0.1) is 0 Å². The molecule has 0 fully saturated rings. The molecular formula is C13H10ClN3O4. The molecule has 2 rings (SSSR count). The van der Waals surface area contributed by atoms with Gasteiger partial charge in [0, 0.05) is 6.54 Å². The Kier molecular flexibility index (Phi) is 4.34. The number of hydrogen-bond donors (Lipinski definition) is 1. The Labute approximate surface area is 124 Å². The number of nitro benzene ring substituents is 2. The summed E-state index contributed by atoms with van der Waals surface area (Å²) in [7, 11) is 0. The Morgan fingerprint density at radius 2 is 1.62 bits per heavy atom. The lowest BCUT2D eigenvalue weighted by Crippen LogP contribution is -2.03. The first-order chi connectivity index (χ1) is 9.99. The third-order valence-corrected chi connectivity index (χ3v) is 3.09. The van der Waals surface area contributed by atoms with Crippen molar-refractivity contribution >= 4 is 28.7 Å². The van der Waals surface area contributed by atoms with Crippen LogP contribution < -0.4 is 5.32 Å². The Bertz CT molecular complexity index is 691. The van der Waals surface area contributed by atoms with Gasteiger partial charge < -0.3 is 5.32 Å². The summed E-state index contributed by atoms with van der Waals surface area (Å²) in [5.74, 6) is 0. The van der Waals surface area contributed by atoms with Crippen molar-refractivity contribution in [2.75, 3.05) is 5.32 Å². The molecule has 0 aliphatic rings. The second-order valence-electron chi connectivity index (χ2n) is 4.17. The maximum absolute atomic E-state index is 11.0. The fraction of sp³-hybridized carbons (Fsp3) is 0.0769. The first-order valence-electron chi connectivity index (χ1n) is 5.89. The predicted molar refractivity (Wildman–Crippen MR) is 78.5 cm³/mol. The normalized spacial score (nSPS) is 10.1. The summed E-state index contributed by atoms with van der Waals surface area (Å²) < 4.78 is 0. The average Bonchev–Trinajstić information content (AvgIpc) is 2.45. The molecule has 0 unspecified atom stereocenters. The van der Waals surface area contributed by atoms with E-state index in [1.165, 1.54) is 6.07 Å². The zero-order valence-corrected chi connectivity index (χ0v) is 11.4. The van der Waals surface area contributed by atoms with E-state index in [0.29, 0.717) is 6.54 Å². The second kappa shape index (κ2) is 6.19. The fourth-order valence-corrected chi connectivity index (χ4v) is 2.01. The smallest absolute Gasteiger partial charge is 0.299 e. The lowest BCUT2D eigenvalue weighted by molar-refractivity contribution is -0.393. The summed E-state index contributed by atoms with van der Waals surface area (Å²) in [6.45, 7) is 0.343. The molecule has 2 aromatic rings. The van der Waals surface area contributed by atoms with Gasteiger partial charge in [-0.05, 0) is 11.6 Å². The first-order valence-corrected chi connectivity index (χ1v) is 6.27. The Hall–Kier alpha value is -2.67. The van der Waals surface area contributed by atoms with Crippen LogP contribution in [0, 0.1) is 20.2 Å². The van der Waals surface area contributed by atoms with Crippen LogP contribution >= 0.6 is 11.6 Å². The molecule has 8 heteroatoms. The topological polar surface area (TPSA) is 98.3 Å². The van der Waals surface area contributed by atoms with Crippen LogP contribution in [0.1, 0.15) is 5.56 Å². The number of halogens is 1. The van der Waals surface area contributed by atoms with Gasteiger partial charge >= 0.3 is 0 Å². The summed E-state index contributed by atoms with van der Waals surface area (Å²) >= 11 is 5.78. The zero-order valence-electron chi connectivity index (χ0n) is 10.7. The molecule has 0 aliphatic carbocycles. The number of nitro groups is 2. The molecule has 0 aromatic heterocycles. The number of anilines is 1. The molecule has 108 valence electrons. The van der Waals surface area contributed by atoms with Crippen molar-refractivity contribution in [2.45, 2.75) is 6.54 Å². The molecule has 0 amide bonds. The summed E-state index contributed by atoms with van der Waals surface area (Å²) in [5, 5.41) is 24.5. The standard InChI is InChI=1S/C13H10ClN3O4/c14-10-6-11(15-8-9-4-2-1-3-5-9)13(17(20)21)7-12(10)16(18)19/h1-7,15H,8H2. The molecule has 0 radical (unpaired) electrons. The number of rotatable bonds is 5. The highest BCUT2D eigenvalue weighted by atomic mass is 35.5. The largest absolute Gasteiger partial charge is 0.375 e. The highest BCUT2D eigenvalue weighted by Crippen LogP contribution is 2.35. The highest BCUT2D eigenvalue weighted by Gasteiger charge is 2.23. The van der Waals surface area contributed by atoms with Crippen LogP contribution in [-0.4, -0.2) is 9.85 Å². The van der Waals surface area contributed by atoms with E-state index in [1.807, 2.05) is 30.3 Å². The molecule has 2 aromatic carbocycles. The maximum atomic E-state index is 11.0. The van der Waals surface area contributed by atoms with Gasteiger partial charge in [-0.3, -0.25) is 20.2 Å². The number of hydrogen-bond acceptors (Lipinski definition) is 5. The van der Waals surface area contributed by atoms with Gasteiger partial charge in [0.1, 0.15) is 10.7 Å². The third kappa shape index (κ3) is 3.46. The Morgan fingerprint density at radius 1 is 1.00 bits per heavy atom. The summed E-state index contributed by atoms with van der Waals surface area (Å²) in [6, 6.07) is 11.3. The van der Waals surface area contributed by atoms with Crippen LogP contribution in [0.5, 0.6) is 0 Å². The van der Waals surface area contributed by atoms with Crippen LogP contribution in [0.2, 0.25) is 5.02 Å². The minimum absolute atomic E-state index is 0.138. The van der Waals surface area contributed by atoms with E-state index in [2.05, 4.69) is 5.32 Å². The van der Waals surface area contributed by atoms with Crippen molar-refractivity contribution in [1.82, 2.24) is 0 Å². The summed E-state index contributed by atoms with van der Waals surface area (Å²) in [5.41, 5.74) is 0.177. The van der Waals surface area contributed by atoms with Gasteiger partial charge in [0.2, 0.25) is 0 Å². The quantitative estimate of drug-likeness (QED) is 0.669. The van der Waals surface area contributed by atoms with Gasteiger partial charge in [-0.2, -0.15) is 0 Å². The van der Waals surface area contributed by atoms with Crippen molar-refractivity contribution in [2.24, 2.45) is 0 Å². The molecule has 0 heterocycles. The molecule has 7 nitrogen and oxygen atoms in total. The number of benzene rings is 2. The maximum Gasteiger partial charge on any atom is 0.299 e. The average molecular weight is 308 g/mol. The van der Waals surface area contributed by atoms with Gasteiger partial charge in [0.25, 0.3) is 11.4 Å². The molecule has 0 atom stereocenters. The van der Waals surface area contributed by atoms with Crippen LogP contribution in [0.25, 0.3) is 0 Å². The Morgan fingerprint density at radius 3 is 2.19 bits per heavy atom. The highest BCUT2D eigenvalue weighted by molar-refractivity contribution is 6.33. The van der Waals surface area contributed by atoms with Crippen LogP contribution in [-0.2, 0) is 6.54 Å². The number of nitrogens with one attached hydrogen (secondary N) is 1. The van der Waals surface area contributed by atoms with E-state index in [0.717, 1.165) is 11.6 Å². The van der Waals surface area contributed by atoms with Crippen molar-refractivity contribution in [3.05, 3.63) is 73.3 Å². The molecule has 0 bridgehead atoms. The minimum Gasteiger partial charge on any atom is -0.375 e. The number of nitrogens with zero attached hydrogens (tertiary/aromatic N) is 2. The lowest BCUT2D eigenvalue weighted by atomic mass is 10.2. The molecule has 0 saturated carbocycles. The molecule has 0 spiro atoms. The molecular weight excluding hydrogens is 298 g/mol. The van der Waals surface area contributed by atoms with E-state index in [9.17, 15) is 20.2 Å². The van der Waals surface area contributed by atoms with Gasteiger partial charge in [-0.25, -0.2) is 0 Å². The molecule has 0 aliphatic heterocycles. The summed E-state index contributed by atoms with van der Waals surface area (Å²) in [6.07, 6.45) is 0. The summed E-state index contributed by atoms with van der Waals surface area (Å²) in [4.78, 5) is 20.3. The van der Waals surface area contributed by atoms with Crippen molar-refractivity contribution in [1.29, 1.82) is 0 Å². The van der Waals surface area contributed by atoms with Gasteiger partial charge in [0.15, 0.2) is 0 Å². The van der Waals surface area contributed by atoms with E-state index in [4.69, 9.17) is 11.6 Å². The Balaban J connectivity index is 2.32. The van der Waals surface area contributed by atoms with E-state index in [1.54, 1.807) is 0 Å². The van der Waals surface area contributed by atoms with Crippen molar-refractivity contribution < 1.29 is 9.85 Å². The first kappa shape index (κ1) is 14.7. The van der Waals surface area contributed by atoms with Gasteiger partial charge in [-0.1, -0.05) is 41.9 Å². The van der Waals surface area contributed by atoms with E-state index in [-0.39, 0.29) is 16.4 Å². The van der Waals surface area contributed by atoms with Crippen LogP contribution in [0.15, 0.2) is 42.5 Å². The molecule has 0 saturated heterocycles. The molecule has 21 heavy (non-hydrogen) atoms. The van der Waals surface area contributed by atoms with Crippen LogP contribution in [0.4, 0.5) is 17.1 Å². The molecule has 1 N–H and O–H groups in total. The lowest BCUT2D eigenvalue weighted by Gasteiger charge is -2.08. The third-order valence-electron chi connectivity index (χ3n) is 2.78. The van der Waals surface area contributed by atoms with Gasteiger partial charge in [0.05, 0.1) is 15.9 Å². The van der Waals surface area contributed by atoms with E-state index < -0.39 is 15.5 Å². The zero-order chi connectivity index (χ0) is 15.4. The fourth-order valence-electron chi connectivity index (χ4n) is 1.78. The second-order valence-corrected chi connectivity index (χ2v) is 4.58. The minimum atomic E-state index is -0.754.